The second-order valence-corrected chi connectivity index (χ2v) is 10.3. The first-order chi connectivity index (χ1) is 9.72. The van der Waals surface area contributed by atoms with Gasteiger partial charge < -0.3 is 5.11 Å². The van der Waals surface area contributed by atoms with Gasteiger partial charge in [0.2, 0.25) is 0 Å². The lowest BCUT2D eigenvalue weighted by Crippen LogP contribution is -2.57. The predicted octanol–water partition coefficient (Wildman–Crippen LogP) is 5.17. The molecule has 0 aromatic heterocycles. The third kappa shape index (κ3) is 1.73. The minimum atomic E-state index is -0.316. The molecule has 0 aromatic rings. The zero-order chi connectivity index (χ0) is 15.1. The van der Waals surface area contributed by atoms with Gasteiger partial charge in [-0.2, -0.15) is 0 Å². The van der Waals surface area contributed by atoms with E-state index in [2.05, 4.69) is 27.7 Å². The Balaban J connectivity index is 1.73. The molecular weight excluding hydrogens is 256 g/mol. The van der Waals surface area contributed by atoms with E-state index < -0.39 is 0 Å². The van der Waals surface area contributed by atoms with E-state index in [-0.39, 0.29) is 5.60 Å². The molecule has 1 nitrogen and oxygen atoms in total. The molecule has 21 heavy (non-hydrogen) atoms. The van der Waals surface area contributed by atoms with Crippen molar-refractivity contribution in [3.05, 3.63) is 0 Å². The maximum Gasteiger partial charge on any atom is 0.0678 e. The van der Waals surface area contributed by atoms with Gasteiger partial charge in [0.25, 0.3) is 0 Å². The van der Waals surface area contributed by atoms with Gasteiger partial charge in [-0.1, -0.05) is 34.1 Å². The van der Waals surface area contributed by atoms with Crippen molar-refractivity contribution in [3.63, 3.8) is 0 Å². The first-order valence-electron chi connectivity index (χ1n) is 9.44. The number of hydrogen-bond acceptors (Lipinski definition) is 1. The molecule has 4 rings (SSSR count). The Morgan fingerprint density at radius 3 is 2.38 bits per heavy atom. The van der Waals surface area contributed by atoms with Crippen molar-refractivity contribution in [2.45, 2.75) is 91.1 Å². The summed E-state index contributed by atoms with van der Waals surface area (Å²) in [6.07, 6.45) is 11.9. The van der Waals surface area contributed by atoms with Crippen molar-refractivity contribution in [3.8, 4) is 0 Å². The zero-order valence-corrected chi connectivity index (χ0v) is 14.5. The molecule has 4 aliphatic rings. The molecule has 0 radical (unpaired) electrons. The third-order valence-electron chi connectivity index (χ3n) is 8.90. The van der Waals surface area contributed by atoms with Crippen LogP contribution in [-0.2, 0) is 0 Å². The van der Waals surface area contributed by atoms with Crippen molar-refractivity contribution in [1.82, 2.24) is 0 Å². The Kier molecular flexibility index (Phi) is 2.82. The highest BCUT2D eigenvalue weighted by atomic mass is 16.3. The molecule has 0 heterocycles. The number of aliphatic hydroxyl groups is 1. The molecule has 0 amide bonds. The van der Waals surface area contributed by atoms with Gasteiger partial charge in [0.1, 0.15) is 0 Å². The molecular formula is C20H34O. The fourth-order valence-corrected chi connectivity index (χ4v) is 8.09. The monoisotopic (exact) mass is 290 g/mol. The fraction of sp³-hybridized carbons (Fsp3) is 1.00. The SMILES string of the molecule is C[C@H]1CC23CC[C@@H]4C(C)(C)CCCC4(C)[C@@H]2CCC1(O)C3. The van der Waals surface area contributed by atoms with E-state index in [9.17, 15) is 5.11 Å². The summed E-state index contributed by atoms with van der Waals surface area (Å²) in [6, 6.07) is 0. The second kappa shape index (κ2) is 4.08. The summed E-state index contributed by atoms with van der Waals surface area (Å²) < 4.78 is 0. The summed E-state index contributed by atoms with van der Waals surface area (Å²) in [4.78, 5) is 0. The van der Waals surface area contributed by atoms with E-state index in [1.54, 1.807) is 0 Å². The summed E-state index contributed by atoms with van der Waals surface area (Å²) in [5.41, 5.74) is 1.26. The van der Waals surface area contributed by atoms with Gasteiger partial charge in [0.05, 0.1) is 5.60 Å². The van der Waals surface area contributed by atoms with Gasteiger partial charge in [0, 0.05) is 0 Å². The molecule has 0 saturated heterocycles. The van der Waals surface area contributed by atoms with Gasteiger partial charge in [0.15, 0.2) is 0 Å². The van der Waals surface area contributed by atoms with Gasteiger partial charge in [-0.15, -0.1) is 0 Å². The molecule has 2 bridgehead atoms. The molecule has 3 unspecified atom stereocenters. The van der Waals surface area contributed by atoms with Crippen molar-refractivity contribution in [1.29, 1.82) is 0 Å². The van der Waals surface area contributed by atoms with E-state index in [0.717, 1.165) is 24.7 Å². The van der Waals surface area contributed by atoms with Crippen molar-refractivity contribution >= 4 is 0 Å². The predicted molar refractivity (Wildman–Crippen MR) is 87.0 cm³/mol. The Morgan fingerprint density at radius 1 is 0.905 bits per heavy atom. The topological polar surface area (TPSA) is 20.2 Å². The Labute approximate surface area is 130 Å². The van der Waals surface area contributed by atoms with Crippen LogP contribution in [0.15, 0.2) is 0 Å². The highest BCUT2D eigenvalue weighted by Gasteiger charge is 2.66. The van der Waals surface area contributed by atoms with Crippen LogP contribution in [0.2, 0.25) is 0 Å². The molecule has 1 heteroatoms. The molecule has 4 fully saturated rings. The molecule has 6 atom stereocenters. The van der Waals surface area contributed by atoms with Gasteiger partial charge in [-0.25, -0.2) is 0 Å². The van der Waals surface area contributed by atoms with Crippen LogP contribution in [0, 0.1) is 34.0 Å². The van der Waals surface area contributed by atoms with Gasteiger partial charge in [-0.3, -0.25) is 0 Å². The zero-order valence-electron chi connectivity index (χ0n) is 14.5. The summed E-state index contributed by atoms with van der Waals surface area (Å²) in [5.74, 6) is 2.32. The van der Waals surface area contributed by atoms with E-state index in [4.69, 9.17) is 0 Å². The van der Waals surface area contributed by atoms with Gasteiger partial charge >= 0.3 is 0 Å². The maximum absolute atomic E-state index is 11.0. The fourth-order valence-electron chi connectivity index (χ4n) is 8.09. The second-order valence-electron chi connectivity index (χ2n) is 10.3. The lowest BCUT2D eigenvalue weighted by molar-refractivity contribution is -0.161. The van der Waals surface area contributed by atoms with Crippen LogP contribution in [0.1, 0.15) is 85.5 Å². The van der Waals surface area contributed by atoms with Crippen LogP contribution in [0.25, 0.3) is 0 Å². The number of rotatable bonds is 0. The average molecular weight is 290 g/mol. The summed E-state index contributed by atoms with van der Waals surface area (Å²) >= 11 is 0. The largest absolute Gasteiger partial charge is 0.390 e. The Bertz CT molecular complexity index is 455. The third-order valence-corrected chi connectivity index (χ3v) is 8.90. The molecule has 0 aromatic carbocycles. The molecule has 4 aliphatic carbocycles. The van der Waals surface area contributed by atoms with E-state index in [1.165, 1.54) is 44.9 Å². The number of fused-ring (bicyclic) bond motifs is 3. The van der Waals surface area contributed by atoms with Crippen molar-refractivity contribution in [2.24, 2.45) is 34.0 Å². The van der Waals surface area contributed by atoms with Crippen LogP contribution < -0.4 is 0 Å². The molecule has 4 saturated carbocycles. The average Bonchev–Trinajstić information content (AvgIpc) is 2.54. The lowest BCUT2D eigenvalue weighted by Gasteiger charge is -2.64. The summed E-state index contributed by atoms with van der Waals surface area (Å²) in [6.45, 7) is 10.0. The van der Waals surface area contributed by atoms with Crippen molar-refractivity contribution < 1.29 is 5.11 Å². The van der Waals surface area contributed by atoms with E-state index in [0.29, 0.717) is 22.2 Å². The standard InChI is InChI=1S/C20H34O/c1-14-12-19-10-6-15-17(2,3)8-5-9-18(15,4)16(19)7-11-20(14,21)13-19/h14-16,21H,5-13H2,1-4H3/t14-,15+,16-,18?,19?,20?/m0/s1. The van der Waals surface area contributed by atoms with Gasteiger partial charge in [-0.05, 0) is 85.4 Å². The molecule has 120 valence electrons. The lowest BCUT2D eigenvalue weighted by atomic mass is 9.41. The number of hydrogen-bond donors (Lipinski definition) is 1. The van der Waals surface area contributed by atoms with E-state index in [1.807, 2.05) is 0 Å². The molecule has 1 N–H and O–H groups in total. The quantitative estimate of drug-likeness (QED) is 0.652. The maximum atomic E-state index is 11.0. The normalized spacial score (nSPS) is 58.4. The van der Waals surface area contributed by atoms with Crippen LogP contribution >= 0.6 is 0 Å². The Morgan fingerprint density at radius 2 is 1.62 bits per heavy atom. The minimum Gasteiger partial charge on any atom is -0.390 e. The van der Waals surface area contributed by atoms with Crippen LogP contribution in [0.5, 0.6) is 0 Å². The Hall–Kier alpha value is -0.0400. The van der Waals surface area contributed by atoms with Crippen molar-refractivity contribution in [2.75, 3.05) is 0 Å². The van der Waals surface area contributed by atoms with E-state index >= 15 is 0 Å². The summed E-state index contributed by atoms with van der Waals surface area (Å²) in [5, 5.41) is 11.0. The summed E-state index contributed by atoms with van der Waals surface area (Å²) in [7, 11) is 0. The van der Waals surface area contributed by atoms with Crippen LogP contribution in [-0.4, -0.2) is 10.7 Å². The first kappa shape index (κ1) is 14.5. The minimum absolute atomic E-state index is 0.316. The molecule has 0 aliphatic heterocycles. The first-order valence-corrected chi connectivity index (χ1v) is 9.44. The highest BCUT2D eigenvalue weighted by molar-refractivity contribution is 5.16. The van der Waals surface area contributed by atoms with Crippen LogP contribution in [0.4, 0.5) is 0 Å². The molecule has 1 spiro atoms. The van der Waals surface area contributed by atoms with Crippen LogP contribution in [0.3, 0.4) is 0 Å². The highest BCUT2D eigenvalue weighted by Crippen LogP contribution is 2.72. The smallest absolute Gasteiger partial charge is 0.0678 e.